The number of ether oxygens (including phenoxy) is 1. The van der Waals surface area contributed by atoms with Crippen LogP contribution in [0.3, 0.4) is 0 Å². The van der Waals surface area contributed by atoms with Crippen LogP contribution in [0.15, 0.2) is 24.3 Å². The van der Waals surface area contributed by atoms with E-state index in [0.717, 1.165) is 12.5 Å². The second kappa shape index (κ2) is 11.0. The summed E-state index contributed by atoms with van der Waals surface area (Å²) in [5, 5.41) is 0. The van der Waals surface area contributed by atoms with Gasteiger partial charge in [-0.1, -0.05) is 27.3 Å². The summed E-state index contributed by atoms with van der Waals surface area (Å²) in [5.74, 6) is -0.388. The zero-order valence-corrected chi connectivity index (χ0v) is 16.7. The van der Waals surface area contributed by atoms with E-state index in [-0.39, 0.29) is 7.43 Å². The van der Waals surface area contributed by atoms with Crippen molar-refractivity contribution in [3.8, 4) is 0 Å². The summed E-state index contributed by atoms with van der Waals surface area (Å²) in [7, 11) is 0. The molecule has 1 heterocycles. The summed E-state index contributed by atoms with van der Waals surface area (Å²) >= 11 is 0. The minimum Gasteiger partial charge on any atom is -0.444 e. The van der Waals surface area contributed by atoms with Gasteiger partial charge in [-0.2, -0.15) is 0 Å². The first-order valence-corrected chi connectivity index (χ1v) is 9.27. The number of nitrogens with two attached hydrogens (primary N) is 1. The molecule has 1 aliphatic heterocycles. The number of rotatable bonds is 1. The average Bonchev–Trinajstić information content (AvgIpc) is 3.32. The summed E-state index contributed by atoms with van der Waals surface area (Å²) in [6, 6.07) is 4.06. The molecule has 5 nitrogen and oxygen atoms in total. The highest BCUT2D eigenvalue weighted by Crippen LogP contribution is 2.47. The smallest absolute Gasteiger partial charge is 0.410 e. The van der Waals surface area contributed by atoms with Gasteiger partial charge in [0, 0.05) is 12.6 Å². The van der Waals surface area contributed by atoms with Crippen molar-refractivity contribution in [1.29, 1.82) is 0 Å². The van der Waals surface area contributed by atoms with Crippen molar-refractivity contribution in [3.05, 3.63) is 35.9 Å². The zero-order valence-electron chi connectivity index (χ0n) is 16.7. The second-order valence-corrected chi connectivity index (χ2v) is 7.48. The third kappa shape index (κ3) is 8.23. The van der Waals surface area contributed by atoms with Crippen LogP contribution in [-0.2, 0) is 9.53 Å². The van der Waals surface area contributed by atoms with E-state index in [4.69, 9.17) is 10.5 Å². The Morgan fingerprint density at radius 1 is 1.11 bits per heavy atom. The fourth-order valence-electron chi connectivity index (χ4n) is 2.87. The van der Waals surface area contributed by atoms with Crippen molar-refractivity contribution >= 4 is 12.0 Å². The number of primary amides is 1. The van der Waals surface area contributed by atoms with Crippen molar-refractivity contribution in [2.75, 3.05) is 6.54 Å². The second-order valence-electron chi connectivity index (χ2n) is 7.48. The van der Waals surface area contributed by atoms with E-state index in [2.05, 4.69) is 0 Å². The van der Waals surface area contributed by atoms with Crippen LogP contribution in [0.1, 0.15) is 54.9 Å². The normalized spacial score (nSPS) is 22.1. The lowest BCUT2D eigenvalue weighted by molar-refractivity contribution is -0.124. The lowest BCUT2D eigenvalue weighted by atomic mass is 10.0. The number of piperidine rings is 1. The number of carbonyl (C=O) groups is 2. The summed E-state index contributed by atoms with van der Waals surface area (Å²) in [6.45, 7) is 10.0. The molecular weight excluding hydrogens is 366 g/mol. The van der Waals surface area contributed by atoms with Crippen LogP contribution in [-0.4, -0.2) is 35.1 Å². The maximum Gasteiger partial charge on any atom is 0.410 e. The summed E-state index contributed by atoms with van der Waals surface area (Å²) in [6.07, 6.45) is 1.37. The van der Waals surface area contributed by atoms with E-state index in [1.165, 1.54) is 23.1 Å². The number of hydrogen-bond donors (Lipinski definition) is 1. The van der Waals surface area contributed by atoms with Crippen molar-refractivity contribution in [2.45, 2.75) is 66.5 Å². The molecule has 1 saturated carbocycles. The maximum atomic E-state index is 12.0. The topological polar surface area (TPSA) is 72.6 Å². The molecule has 2 fully saturated rings. The quantitative estimate of drug-likeness (QED) is 0.740. The fraction of sp³-hybridized carbons (Fsp3) is 0.619. The van der Waals surface area contributed by atoms with Gasteiger partial charge in [-0.3, -0.25) is 9.69 Å². The lowest BCUT2D eigenvalue weighted by Gasteiger charge is -2.34. The predicted molar refractivity (Wildman–Crippen MR) is 107 cm³/mol. The van der Waals surface area contributed by atoms with Gasteiger partial charge in [0.2, 0.25) is 5.91 Å². The molecule has 0 aromatic heterocycles. The summed E-state index contributed by atoms with van der Waals surface area (Å²) in [4.78, 5) is 24.9. The Bertz CT molecular complexity index is 630. The molecule has 28 heavy (non-hydrogen) atoms. The van der Waals surface area contributed by atoms with Gasteiger partial charge in [0.15, 0.2) is 0 Å². The molecule has 160 valence electrons. The average molecular weight is 401 g/mol. The van der Waals surface area contributed by atoms with Crippen LogP contribution in [0.25, 0.3) is 0 Å². The van der Waals surface area contributed by atoms with Gasteiger partial charge < -0.3 is 10.5 Å². The van der Waals surface area contributed by atoms with E-state index >= 15 is 0 Å². The molecule has 1 aromatic carbocycles. The monoisotopic (exact) mass is 400 g/mol. The highest BCUT2D eigenvalue weighted by Gasteiger charge is 2.49. The van der Waals surface area contributed by atoms with Gasteiger partial charge in [0.25, 0.3) is 0 Å². The van der Waals surface area contributed by atoms with E-state index in [0.29, 0.717) is 24.8 Å². The van der Waals surface area contributed by atoms with E-state index < -0.39 is 35.3 Å². The maximum absolute atomic E-state index is 12.0. The van der Waals surface area contributed by atoms with Crippen LogP contribution in [0, 0.1) is 23.5 Å². The Hall–Kier alpha value is -2.18. The molecule has 2 N–H and O–H groups in total. The molecule has 3 unspecified atom stereocenters. The number of amides is 2. The Balaban J connectivity index is 0.000000560. The van der Waals surface area contributed by atoms with Crippen molar-refractivity contribution in [3.63, 3.8) is 0 Å². The molecule has 1 aromatic rings. The number of nitrogens with zero attached hydrogens (tertiary/aromatic N) is 1. The molecule has 2 amide bonds. The number of carbonyl (C=O) groups excluding carboxylic acids is 2. The first-order valence-electron chi connectivity index (χ1n) is 9.27. The third-order valence-electron chi connectivity index (χ3n) is 4.15. The molecule has 1 aliphatic carbocycles. The van der Waals surface area contributed by atoms with Gasteiger partial charge in [0.1, 0.15) is 23.3 Å². The Morgan fingerprint density at radius 2 is 1.64 bits per heavy atom. The van der Waals surface area contributed by atoms with Gasteiger partial charge in [-0.25, -0.2) is 13.6 Å². The molecule has 0 bridgehead atoms. The standard InChI is InChI=1S/C12H20N2O3.C6H4F2.C2H6.CH4/c1-12(2,3)17-11(16)14-6-8-4-7(8)5-9(14)10(13)15;7-5-2-1-3-6(8)4-5;1-2;/h7-9H,4-6H2,1-3H3,(H2,13,15);1-4H;1-2H3;1H4. The van der Waals surface area contributed by atoms with Gasteiger partial charge in [-0.05, 0) is 57.6 Å². The van der Waals surface area contributed by atoms with E-state index in [1.807, 2.05) is 34.6 Å². The third-order valence-corrected chi connectivity index (χ3v) is 4.15. The minimum absolute atomic E-state index is 0. The van der Waals surface area contributed by atoms with Crippen molar-refractivity contribution in [2.24, 2.45) is 17.6 Å². The summed E-state index contributed by atoms with van der Waals surface area (Å²) in [5.41, 5.74) is 4.81. The first-order chi connectivity index (χ1) is 12.6. The van der Waals surface area contributed by atoms with Crippen LogP contribution < -0.4 is 5.73 Å². The Kier molecular flexibility index (Phi) is 10.1. The van der Waals surface area contributed by atoms with Crippen LogP contribution in [0.4, 0.5) is 13.6 Å². The molecule has 2 aliphatic rings. The highest BCUT2D eigenvalue weighted by molar-refractivity contribution is 5.84. The summed E-state index contributed by atoms with van der Waals surface area (Å²) < 4.78 is 29.2. The number of fused-ring (bicyclic) bond motifs is 1. The lowest BCUT2D eigenvalue weighted by Crippen LogP contribution is -2.52. The van der Waals surface area contributed by atoms with Gasteiger partial charge in [-0.15, -0.1) is 0 Å². The number of benzene rings is 1. The highest BCUT2D eigenvalue weighted by atomic mass is 19.1. The predicted octanol–water partition coefficient (Wildman–Crippen LogP) is 4.74. The molecule has 0 spiro atoms. The van der Waals surface area contributed by atoms with Crippen LogP contribution in [0.5, 0.6) is 0 Å². The van der Waals surface area contributed by atoms with E-state index in [1.54, 1.807) is 0 Å². The molecule has 7 heteroatoms. The molecule has 0 radical (unpaired) electrons. The van der Waals surface area contributed by atoms with Crippen molar-refractivity contribution in [1.82, 2.24) is 4.90 Å². The molecule has 1 saturated heterocycles. The van der Waals surface area contributed by atoms with Crippen LogP contribution in [0.2, 0.25) is 0 Å². The van der Waals surface area contributed by atoms with E-state index in [9.17, 15) is 18.4 Å². The largest absolute Gasteiger partial charge is 0.444 e. The zero-order chi connectivity index (χ0) is 20.8. The SMILES string of the molecule is C.CC.CC(C)(C)OC(=O)N1CC2CC2CC1C(N)=O.Fc1cccc(F)c1. The van der Waals surface area contributed by atoms with Crippen molar-refractivity contribution < 1.29 is 23.1 Å². The Morgan fingerprint density at radius 3 is 2.04 bits per heavy atom. The number of likely N-dealkylation sites (tertiary alicyclic amines) is 1. The molecule has 3 atom stereocenters. The fourth-order valence-corrected chi connectivity index (χ4v) is 2.87. The van der Waals surface area contributed by atoms with Gasteiger partial charge >= 0.3 is 6.09 Å². The van der Waals surface area contributed by atoms with Gasteiger partial charge in [0.05, 0.1) is 0 Å². The number of halogens is 2. The number of hydrogen-bond acceptors (Lipinski definition) is 3. The Labute approximate surface area is 167 Å². The first kappa shape index (κ1) is 25.8. The molecule has 3 rings (SSSR count). The minimum atomic E-state index is -0.542. The van der Waals surface area contributed by atoms with Crippen LogP contribution >= 0.6 is 0 Å². The molecular formula is C21H34F2N2O3.